The molecule has 0 spiro atoms. The Bertz CT molecular complexity index is 1190. The molecule has 0 aliphatic carbocycles. The summed E-state index contributed by atoms with van der Waals surface area (Å²) in [4.78, 5) is 41.6. The van der Waals surface area contributed by atoms with Crippen molar-refractivity contribution in [2.75, 3.05) is 20.2 Å². The molecule has 0 saturated carbocycles. The summed E-state index contributed by atoms with van der Waals surface area (Å²) in [7, 11) is 1.31. The molecule has 0 radical (unpaired) electrons. The van der Waals surface area contributed by atoms with Gasteiger partial charge in [0.2, 0.25) is 5.43 Å². The van der Waals surface area contributed by atoms with Gasteiger partial charge in [0.05, 0.1) is 32.9 Å². The maximum Gasteiger partial charge on any atom is 0.274 e. The Morgan fingerprint density at radius 2 is 2.06 bits per heavy atom. The maximum absolute atomic E-state index is 14.0. The summed E-state index contributed by atoms with van der Waals surface area (Å²) in [5.41, 5.74) is 0.0186. The molecule has 1 aromatic carbocycles. The minimum Gasteiger partial charge on any atom is -0.491 e. The fourth-order valence-corrected chi connectivity index (χ4v) is 5.04. The molecule has 0 fully saturated rings. The van der Waals surface area contributed by atoms with E-state index in [1.54, 1.807) is 9.47 Å². The molecule has 2 aromatic rings. The zero-order valence-corrected chi connectivity index (χ0v) is 19.5. The average Bonchev–Trinajstić information content (AvgIpc) is 3.11. The van der Waals surface area contributed by atoms with Crippen LogP contribution < -0.4 is 15.5 Å². The Balaban J connectivity index is 1.72. The minimum absolute atomic E-state index is 0.0705. The monoisotopic (exact) mass is 472 g/mol. The molecule has 180 valence electrons. The van der Waals surface area contributed by atoms with E-state index in [1.807, 2.05) is 20.3 Å². The molecule has 3 heterocycles. The van der Waals surface area contributed by atoms with E-state index in [-0.39, 0.29) is 47.0 Å². The number of aromatic nitrogens is 1. The van der Waals surface area contributed by atoms with Gasteiger partial charge in [0.25, 0.3) is 11.8 Å². The van der Waals surface area contributed by atoms with Crippen LogP contribution in [-0.4, -0.2) is 41.5 Å². The summed E-state index contributed by atoms with van der Waals surface area (Å²) < 4.78 is 34.4. The Hall–Kier alpha value is -3.36. The summed E-state index contributed by atoms with van der Waals surface area (Å²) in [5, 5.41) is 2.57. The zero-order chi connectivity index (χ0) is 24.6. The summed E-state index contributed by atoms with van der Waals surface area (Å²) in [6, 6.07) is 3.01. The Morgan fingerprint density at radius 3 is 2.74 bits per heavy atom. The van der Waals surface area contributed by atoms with Crippen LogP contribution in [0, 0.1) is 18.1 Å². The zero-order valence-electron chi connectivity index (χ0n) is 19.5. The van der Waals surface area contributed by atoms with Gasteiger partial charge in [0.1, 0.15) is 17.2 Å². The van der Waals surface area contributed by atoms with Crippen molar-refractivity contribution < 1.29 is 23.1 Å². The molecule has 2 aliphatic rings. The Kier molecular flexibility index (Phi) is 6.63. The summed E-state index contributed by atoms with van der Waals surface area (Å²) >= 11 is 0. The van der Waals surface area contributed by atoms with E-state index in [9.17, 15) is 23.2 Å². The number of unbranched alkanes of at least 4 members (excludes halogenated alkanes) is 2. The number of benzene rings is 1. The SMILES string of the molecule is C[CH+]CCCN1CC2CC(C)c3c(C(=O)NCc4ccc(F)cc4F)c(=O)c(OC)c(n32)C1=O. The molecule has 2 amide bonds. The topological polar surface area (TPSA) is 80.6 Å². The third-order valence-corrected chi connectivity index (χ3v) is 6.59. The van der Waals surface area contributed by atoms with Gasteiger partial charge in [-0.15, -0.1) is 0 Å². The van der Waals surface area contributed by atoms with Crippen LogP contribution in [0.25, 0.3) is 0 Å². The molecule has 1 N–H and O–H groups in total. The van der Waals surface area contributed by atoms with E-state index in [0.717, 1.165) is 25.0 Å². The lowest BCUT2D eigenvalue weighted by Gasteiger charge is -2.35. The van der Waals surface area contributed by atoms with E-state index in [2.05, 4.69) is 5.32 Å². The van der Waals surface area contributed by atoms with Crippen molar-refractivity contribution in [3.8, 4) is 5.75 Å². The fourth-order valence-electron chi connectivity index (χ4n) is 5.04. The molecular formula is C25H28F2N3O4+. The second kappa shape index (κ2) is 9.48. The minimum atomic E-state index is -0.788. The Morgan fingerprint density at radius 1 is 1.29 bits per heavy atom. The third kappa shape index (κ3) is 4.03. The molecule has 9 heteroatoms. The number of methoxy groups -OCH3 is 1. The van der Waals surface area contributed by atoms with Gasteiger partial charge in [-0.3, -0.25) is 14.4 Å². The largest absolute Gasteiger partial charge is 0.491 e. The quantitative estimate of drug-likeness (QED) is 0.471. The highest BCUT2D eigenvalue weighted by molar-refractivity contribution is 6.00. The lowest BCUT2D eigenvalue weighted by atomic mass is 9.99. The van der Waals surface area contributed by atoms with Gasteiger partial charge in [0, 0.05) is 43.4 Å². The molecule has 7 nitrogen and oxygen atoms in total. The number of halogens is 2. The van der Waals surface area contributed by atoms with Gasteiger partial charge < -0.3 is 19.5 Å². The van der Waals surface area contributed by atoms with E-state index in [0.29, 0.717) is 25.2 Å². The van der Waals surface area contributed by atoms with E-state index in [4.69, 9.17) is 4.74 Å². The highest BCUT2D eigenvalue weighted by Crippen LogP contribution is 2.43. The van der Waals surface area contributed by atoms with Crippen LogP contribution in [0.2, 0.25) is 0 Å². The highest BCUT2D eigenvalue weighted by atomic mass is 19.1. The molecule has 4 rings (SSSR count). The number of pyridine rings is 1. The van der Waals surface area contributed by atoms with Gasteiger partial charge in [-0.05, 0) is 18.4 Å². The third-order valence-electron chi connectivity index (χ3n) is 6.59. The molecular weight excluding hydrogens is 444 g/mol. The molecule has 1 aromatic heterocycles. The maximum atomic E-state index is 14.0. The van der Waals surface area contributed by atoms with Crippen LogP contribution >= 0.6 is 0 Å². The van der Waals surface area contributed by atoms with Crippen molar-refractivity contribution in [3.05, 3.63) is 69.0 Å². The van der Waals surface area contributed by atoms with Crippen molar-refractivity contribution >= 4 is 11.8 Å². The summed E-state index contributed by atoms with van der Waals surface area (Å²) in [6.45, 7) is 4.75. The van der Waals surface area contributed by atoms with E-state index >= 15 is 0 Å². The van der Waals surface area contributed by atoms with Crippen molar-refractivity contribution in [2.45, 2.75) is 51.6 Å². The highest BCUT2D eigenvalue weighted by Gasteiger charge is 2.44. The first-order chi connectivity index (χ1) is 16.3. The van der Waals surface area contributed by atoms with Gasteiger partial charge in [-0.2, -0.15) is 0 Å². The van der Waals surface area contributed by atoms with Gasteiger partial charge in [-0.1, -0.05) is 13.0 Å². The van der Waals surface area contributed by atoms with Crippen LogP contribution in [-0.2, 0) is 6.54 Å². The number of nitrogens with one attached hydrogen (secondary N) is 1. The van der Waals surface area contributed by atoms with Gasteiger partial charge in [-0.25, -0.2) is 8.78 Å². The predicted octanol–water partition coefficient (Wildman–Crippen LogP) is 3.57. The normalized spacial score (nSPS) is 18.6. The smallest absolute Gasteiger partial charge is 0.274 e. The lowest BCUT2D eigenvalue weighted by molar-refractivity contribution is 0.0661. The lowest BCUT2D eigenvalue weighted by Crippen LogP contribution is -2.45. The second-order valence-corrected chi connectivity index (χ2v) is 8.85. The second-order valence-electron chi connectivity index (χ2n) is 8.85. The number of ether oxygens (including phenoxy) is 1. The first kappa shape index (κ1) is 23.8. The van der Waals surface area contributed by atoms with E-state index in [1.165, 1.54) is 13.2 Å². The molecule has 2 unspecified atom stereocenters. The number of carbonyl (C=O) groups is 2. The van der Waals surface area contributed by atoms with Crippen LogP contribution in [0.5, 0.6) is 5.75 Å². The van der Waals surface area contributed by atoms with Crippen molar-refractivity contribution in [3.63, 3.8) is 0 Å². The molecule has 0 bridgehead atoms. The Labute approximate surface area is 196 Å². The number of amides is 2. The number of hydrogen-bond donors (Lipinski definition) is 1. The molecule has 0 saturated heterocycles. The number of nitrogens with zero attached hydrogens (tertiary/aromatic N) is 2. The number of carbonyl (C=O) groups excluding carboxylic acids is 2. The van der Waals surface area contributed by atoms with Gasteiger partial charge >= 0.3 is 0 Å². The van der Waals surface area contributed by atoms with Crippen molar-refractivity contribution in [1.82, 2.24) is 14.8 Å². The predicted molar refractivity (Wildman–Crippen MR) is 122 cm³/mol. The van der Waals surface area contributed by atoms with Crippen molar-refractivity contribution in [1.29, 1.82) is 0 Å². The number of hydrogen-bond acceptors (Lipinski definition) is 4. The first-order valence-electron chi connectivity index (χ1n) is 11.4. The first-order valence-corrected chi connectivity index (χ1v) is 11.4. The number of rotatable bonds is 8. The van der Waals surface area contributed by atoms with Crippen LogP contribution in [0.15, 0.2) is 23.0 Å². The molecule has 2 atom stereocenters. The standard InChI is InChI=1S/C25H27F2N3O4/c1-4-5-6-9-29-13-17-10-14(2)20-19(22(31)23(34-3)21(25(29)33)30(17)20)24(32)28-12-15-7-8-16(26)11-18(15)27/h4,7-8,11,14,17H,5-6,9-10,12-13H2,1-3H3/p+1. The molecule has 34 heavy (non-hydrogen) atoms. The van der Waals surface area contributed by atoms with Crippen LogP contribution in [0.4, 0.5) is 8.78 Å². The molecule has 2 aliphatic heterocycles. The average molecular weight is 473 g/mol. The van der Waals surface area contributed by atoms with Crippen LogP contribution in [0.3, 0.4) is 0 Å². The van der Waals surface area contributed by atoms with Crippen molar-refractivity contribution in [2.24, 2.45) is 0 Å². The fraction of sp³-hybridized carbons (Fsp3) is 0.440. The summed E-state index contributed by atoms with van der Waals surface area (Å²) in [5.74, 6) is -2.76. The van der Waals surface area contributed by atoms with Gasteiger partial charge in [0.15, 0.2) is 11.4 Å². The summed E-state index contributed by atoms with van der Waals surface area (Å²) in [6.07, 6.45) is 4.43. The van der Waals surface area contributed by atoms with Crippen LogP contribution in [0.1, 0.15) is 77.2 Å². The van der Waals surface area contributed by atoms with E-state index < -0.39 is 23.0 Å².